The topological polar surface area (TPSA) is 62.3 Å². The number of benzene rings is 2. The van der Waals surface area contributed by atoms with Gasteiger partial charge in [-0.15, -0.1) is 0 Å². The summed E-state index contributed by atoms with van der Waals surface area (Å²) >= 11 is 0. The van der Waals surface area contributed by atoms with Crippen LogP contribution in [0.5, 0.6) is 11.5 Å². The Bertz CT molecular complexity index is 991. The summed E-state index contributed by atoms with van der Waals surface area (Å²) in [7, 11) is 3.23. The van der Waals surface area contributed by atoms with E-state index in [2.05, 4.69) is 10.0 Å². The zero-order valence-electron chi connectivity index (χ0n) is 17.4. The molecule has 0 spiro atoms. The van der Waals surface area contributed by atoms with Gasteiger partial charge >= 0.3 is 0 Å². The molecule has 3 heterocycles. The maximum Gasteiger partial charge on any atom is 0.256 e. The summed E-state index contributed by atoms with van der Waals surface area (Å²) in [4.78, 5) is 28.7. The minimum absolute atomic E-state index is 0.150. The predicted molar refractivity (Wildman–Crippen MR) is 111 cm³/mol. The van der Waals surface area contributed by atoms with E-state index < -0.39 is 11.5 Å². The molecule has 3 fully saturated rings. The van der Waals surface area contributed by atoms with Crippen LogP contribution in [0.4, 0.5) is 5.69 Å². The predicted octanol–water partition coefficient (Wildman–Crippen LogP) is 2.63. The van der Waals surface area contributed by atoms with Gasteiger partial charge in [-0.05, 0) is 55.3 Å². The second kappa shape index (κ2) is 6.82. The summed E-state index contributed by atoms with van der Waals surface area (Å²) in [5.41, 5.74) is 0.716. The highest BCUT2D eigenvalue weighted by Gasteiger charge is 2.70. The Morgan fingerprint density at radius 1 is 0.900 bits per heavy atom. The van der Waals surface area contributed by atoms with Gasteiger partial charge in [-0.2, -0.15) is 0 Å². The molecule has 2 amide bonds. The van der Waals surface area contributed by atoms with Crippen molar-refractivity contribution in [2.24, 2.45) is 5.92 Å². The summed E-state index contributed by atoms with van der Waals surface area (Å²) in [6.45, 7) is 3.53. The fourth-order valence-corrected chi connectivity index (χ4v) is 5.29. The van der Waals surface area contributed by atoms with Crippen LogP contribution in [-0.4, -0.2) is 54.7 Å². The van der Waals surface area contributed by atoms with Crippen LogP contribution >= 0.6 is 0 Å². The Morgan fingerprint density at radius 3 is 2.10 bits per heavy atom. The van der Waals surface area contributed by atoms with Gasteiger partial charge in [-0.25, -0.2) is 14.9 Å². The van der Waals surface area contributed by atoms with Crippen molar-refractivity contribution >= 4 is 17.5 Å². The van der Waals surface area contributed by atoms with Crippen LogP contribution in [0.2, 0.25) is 0 Å². The van der Waals surface area contributed by atoms with Crippen LogP contribution in [0.15, 0.2) is 48.5 Å². The average Bonchev–Trinajstić information content (AvgIpc) is 3.40. The van der Waals surface area contributed by atoms with Crippen molar-refractivity contribution in [3.05, 3.63) is 54.1 Å². The number of methoxy groups -OCH3 is 2. The van der Waals surface area contributed by atoms with Gasteiger partial charge in [0.1, 0.15) is 17.0 Å². The van der Waals surface area contributed by atoms with Crippen molar-refractivity contribution in [1.29, 1.82) is 0 Å². The number of carbonyl (C=O) groups is 2. The summed E-state index contributed by atoms with van der Waals surface area (Å²) in [5.74, 6) is 0.673. The fourth-order valence-electron chi connectivity index (χ4n) is 5.29. The number of anilines is 1. The second-order valence-electron chi connectivity index (χ2n) is 8.16. The first-order chi connectivity index (χ1) is 14.5. The van der Waals surface area contributed by atoms with E-state index in [9.17, 15) is 9.59 Å². The standard InChI is InChI=1S/C23H25N3O4/c1-23-19(21(27)26(22(23)28)16-7-11-18(30-3)12-8-16)20(24-13-4-14-25(23)24)15-5-9-17(29-2)10-6-15/h5-12,19-20H,4,13-14H2,1-3H3/t19-,20+,23+/m0/s1. The van der Waals surface area contributed by atoms with E-state index in [0.717, 1.165) is 30.8 Å². The van der Waals surface area contributed by atoms with E-state index in [0.29, 0.717) is 11.4 Å². The summed E-state index contributed by atoms with van der Waals surface area (Å²) in [5, 5.41) is 4.34. The highest BCUT2D eigenvalue weighted by atomic mass is 16.5. The zero-order valence-corrected chi connectivity index (χ0v) is 17.4. The molecule has 0 N–H and O–H groups in total. The molecule has 3 atom stereocenters. The summed E-state index contributed by atoms with van der Waals surface area (Å²) < 4.78 is 10.5. The van der Waals surface area contributed by atoms with Gasteiger partial charge < -0.3 is 9.47 Å². The van der Waals surface area contributed by atoms with Crippen molar-refractivity contribution in [3.8, 4) is 11.5 Å². The molecular weight excluding hydrogens is 382 g/mol. The molecule has 5 rings (SSSR count). The highest BCUT2D eigenvalue weighted by molar-refractivity contribution is 6.26. The molecular formula is C23H25N3O4. The fraction of sp³-hybridized carbons (Fsp3) is 0.391. The average molecular weight is 407 g/mol. The molecule has 2 aromatic rings. The first kappa shape index (κ1) is 19.1. The number of hydrogen-bond acceptors (Lipinski definition) is 6. The van der Waals surface area contributed by atoms with Crippen molar-refractivity contribution < 1.29 is 19.1 Å². The van der Waals surface area contributed by atoms with Crippen molar-refractivity contribution in [2.75, 3.05) is 32.2 Å². The number of ether oxygens (including phenoxy) is 2. The summed E-state index contributed by atoms with van der Waals surface area (Å²) in [6.07, 6.45) is 0.971. The Labute approximate surface area is 175 Å². The molecule has 0 unspecified atom stereocenters. The van der Waals surface area contributed by atoms with Crippen LogP contribution in [-0.2, 0) is 9.59 Å². The van der Waals surface area contributed by atoms with Crippen LogP contribution in [0.25, 0.3) is 0 Å². The third-order valence-electron chi connectivity index (χ3n) is 6.76. The number of fused-ring (bicyclic) bond motifs is 3. The Morgan fingerprint density at radius 2 is 1.50 bits per heavy atom. The van der Waals surface area contributed by atoms with Crippen LogP contribution in [0.3, 0.4) is 0 Å². The van der Waals surface area contributed by atoms with E-state index in [1.807, 2.05) is 31.2 Å². The van der Waals surface area contributed by atoms with E-state index >= 15 is 0 Å². The van der Waals surface area contributed by atoms with E-state index in [1.165, 1.54) is 4.90 Å². The largest absolute Gasteiger partial charge is 0.497 e. The molecule has 2 aromatic carbocycles. The van der Waals surface area contributed by atoms with Crippen LogP contribution in [0.1, 0.15) is 24.9 Å². The molecule has 7 heteroatoms. The van der Waals surface area contributed by atoms with Crippen LogP contribution < -0.4 is 14.4 Å². The number of hydrogen-bond donors (Lipinski definition) is 0. The summed E-state index contributed by atoms with van der Waals surface area (Å²) in [6, 6.07) is 14.7. The van der Waals surface area contributed by atoms with Gasteiger partial charge in [-0.3, -0.25) is 9.59 Å². The number of hydrazine groups is 1. The highest BCUT2D eigenvalue weighted by Crippen LogP contribution is 2.54. The van der Waals surface area contributed by atoms with E-state index in [1.54, 1.807) is 38.5 Å². The van der Waals surface area contributed by atoms with Gasteiger partial charge in [0.2, 0.25) is 5.91 Å². The SMILES string of the molecule is COc1ccc([C@@H]2[C@H]3C(=O)N(c4ccc(OC)cc4)C(=O)[C@]3(C)N3CCCN23)cc1. The molecule has 0 aliphatic carbocycles. The van der Waals surface area contributed by atoms with Crippen molar-refractivity contribution in [3.63, 3.8) is 0 Å². The minimum atomic E-state index is -0.891. The molecule has 0 bridgehead atoms. The second-order valence-corrected chi connectivity index (χ2v) is 8.16. The monoisotopic (exact) mass is 407 g/mol. The lowest BCUT2D eigenvalue weighted by Crippen LogP contribution is -2.52. The zero-order chi connectivity index (χ0) is 21.0. The van der Waals surface area contributed by atoms with Crippen LogP contribution in [0, 0.1) is 5.92 Å². The Balaban J connectivity index is 1.58. The van der Waals surface area contributed by atoms with Gasteiger partial charge in [0.15, 0.2) is 0 Å². The molecule has 3 aliphatic heterocycles. The smallest absolute Gasteiger partial charge is 0.256 e. The van der Waals surface area contributed by atoms with Crippen molar-refractivity contribution in [2.45, 2.75) is 24.9 Å². The lowest BCUT2D eigenvalue weighted by molar-refractivity contribution is -0.131. The molecule has 0 aromatic heterocycles. The molecule has 30 heavy (non-hydrogen) atoms. The lowest BCUT2D eigenvalue weighted by atomic mass is 9.81. The van der Waals surface area contributed by atoms with Gasteiger partial charge in [0.25, 0.3) is 5.91 Å². The quantitative estimate of drug-likeness (QED) is 0.726. The normalized spacial score (nSPS) is 28.7. The van der Waals surface area contributed by atoms with Gasteiger partial charge in [-0.1, -0.05) is 12.1 Å². The molecule has 0 radical (unpaired) electrons. The molecule has 0 saturated carbocycles. The molecule has 3 aliphatic rings. The number of nitrogens with zero attached hydrogens (tertiary/aromatic N) is 3. The lowest BCUT2D eigenvalue weighted by Gasteiger charge is -2.33. The molecule has 7 nitrogen and oxygen atoms in total. The maximum atomic E-state index is 13.7. The Hall–Kier alpha value is -2.90. The van der Waals surface area contributed by atoms with Gasteiger partial charge in [0.05, 0.1) is 31.9 Å². The number of amides is 2. The Kier molecular flexibility index (Phi) is 4.34. The number of imide groups is 1. The van der Waals surface area contributed by atoms with E-state index in [4.69, 9.17) is 9.47 Å². The third kappa shape index (κ3) is 2.45. The maximum absolute atomic E-state index is 13.7. The van der Waals surface area contributed by atoms with Crippen molar-refractivity contribution in [1.82, 2.24) is 10.0 Å². The first-order valence-electron chi connectivity index (χ1n) is 10.2. The van der Waals surface area contributed by atoms with E-state index in [-0.39, 0.29) is 17.9 Å². The first-order valence-corrected chi connectivity index (χ1v) is 10.2. The number of carbonyl (C=O) groups excluding carboxylic acids is 2. The molecule has 3 saturated heterocycles. The van der Waals surface area contributed by atoms with Gasteiger partial charge in [0, 0.05) is 13.1 Å². The number of rotatable bonds is 4. The molecule has 156 valence electrons. The minimum Gasteiger partial charge on any atom is -0.497 e. The third-order valence-corrected chi connectivity index (χ3v) is 6.76.